The van der Waals surface area contributed by atoms with Crippen LogP contribution in [0.4, 0.5) is 8.78 Å². The maximum atomic E-state index is 14.4. The van der Waals surface area contributed by atoms with Crippen molar-refractivity contribution in [1.82, 2.24) is 4.98 Å². The summed E-state index contributed by atoms with van der Waals surface area (Å²) in [5.74, 6) is -1.71. The van der Waals surface area contributed by atoms with E-state index in [1.807, 2.05) is 18.2 Å². The molecule has 1 aromatic carbocycles. The van der Waals surface area contributed by atoms with E-state index in [9.17, 15) is 17.2 Å². The molecule has 0 fully saturated rings. The molecule has 0 spiro atoms. The van der Waals surface area contributed by atoms with Crippen molar-refractivity contribution >= 4 is 21.0 Å². The molecule has 3 nitrogen and oxygen atoms in total. The summed E-state index contributed by atoms with van der Waals surface area (Å²) in [4.78, 5) is 3.40. The van der Waals surface area contributed by atoms with Crippen LogP contribution in [0.3, 0.4) is 0 Å². The van der Waals surface area contributed by atoms with Crippen LogP contribution in [-0.4, -0.2) is 19.7 Å². The molecule has 0 N–H and O–H groups in total. The van der Waals surface area contributed by atoms with E-state index in [-0.39, 0.29) is 5.56 Å². The van der Waals surface area contributed by atoms with Gasteiger partial charge in [0.15, 0.2) is 9.84 Å². The summed E-state index contributed by atoms with van der Waals surface area (Å²) in [5, 5.41) is 0. The van der Waals surface area contributed by atoms with E-state index in [1.165, 1.54) is 0 Å². The first kappa shape index (κ1) is 15.6. The van der Waals surface area contributed by atoms with Gasteiger partial charge in [-0.05, 0) is 35.8 Å². The van der Waals surface area contributed by atoms with E-state index in [0.29, 0.717) is 12.0 Å². The van der Waals surface area contributed by atoms with Gasteiger partial charge in [0.1, 0.15) is 16.5 Å². The van der Waals surface area contributed by atoms with E-state index in [1.54, 1.807) is 18.5 Å². The second-order valence-electron chi connectivity index (χ2n) is 5.28. The molecule has 0 radical (unpaired) electrons. The summed E-state index contributed by atoms with van der Waals surface area (Å²) in [6.07, 6.45) is 8.24. The standard InChI is InChI=1S/C17H13F2NO2S/c1-23(21,22)17-9-15(18)14(8-16(17)19)13-6-2-5-12(13)11-4-3-7-20-10-11/h2-5,7-10H,6H2,1H3. The zero-order valence-electron chi connectivity index (χ0n) is 12.3. The van der Waals surface area contributed by atoms with Gasteiger partial charge in [-0.2, -0.15) is 0 Å². The van der Waals surface area contributed by atoms with Crippen molar-refractivity contribution in [2.45, 2.75) is 11.3 Å². The highest BCUT2D eigenvalue weighted by Gasteiger charge is 2.22. The van der Waals surface area contributed by atoms with Gasteiger partial charge in [-0.25, -0.2) is 17.2 Å². The zero-order chi connectivity index (χ0) is 16.6. The van der Waals surface area contributed by atoms with Crippen molar-refractivity contribution in [3.8, 4) is 0 Å². The Bertz CT molecular complexity index is 933. The van der Waals surface area contributed by atoms with Gasteiger partial charge in [0, 0.05) is 29.8 Å². The normalized spacial score (nSPS) is 14.6. The second-order valence-corrected chi connectivity index (χ2v) is 7.26. The molecule has 0 saturated carbocycles. The number of aromatic nitrogens is 1. The molecular weight excluding hydrogens is 320 g/mol. The molecule has 2 aromatic rings. The average molecular weight is 333 g/mol. The van der Waals surface area contributed by atoms with Crippen molar-refractivity contribution in [2.75, 3.05) is 6.26 Å². The topological polar surface area (TPSA) is 47.0 Å². The van der Waals surface area contributed by atoms with E-state index >= 15 is 0 Å². The first-order valence-electron chi connectivity index (χ1n) is 6.87. The highest BCUT2D eigenvalue weighted by Crippen LogP contribution is 2.37. The quantitative estimate of drug-likeness (QED) is 0.862. The molecule has 1 heterocycles. The van der Waals surface area contributed by atoms with Crippen LogP contribution in [0, 0.1) is 11.6 Å². The lowest BCUT2D eigenvalue weighted by molar-refractivity contribution is 0.554. The van der Waals surface area contributed by atoms with Crippen LogP contribution >= 0.6 is 0 Å². The van der Waals surface area contributed by atoms with Crippen LogP contribution < -0.4 is 0 Å². The molecule has 0 atom stereocenters. The Kier molecular flexibility index (Phi) is 3.85. The number of benzene rings is 1. The minimum Gasteiger partial charge on any atom is -0.264 e. The minimum atomic E-state index is -3.82. The van der Waals surface area contributed by atoms with Crippen LogP contribution in [0.5, 0.6) is 0 Å². The molecule has 1 aliphatic carbocycles. The predicted molar refractivity (Wildman–Crippen MR) is 84.3 cm³/mol. The van der Waals surface area contributed by atoms with Crippen molar-refractivity contribution < 1.29 is 17.2 Å². The third kappa shape index (κ3) is 2.94. The molecule has 23 heavy (non-hydrogen) atoms. The Morgan fingerprint density at radius 1 is 1.17 bits per heavy atom. The molecule has 3 rings (SSSR count). The number of nitrogens with zero attached hydrogens (tertiary/aromatic N) is 1. The largest absolute Gasteiger partial charge is 0.264 e. The number of rotatable bonds is 3. The van der Waals surface area contributed by atoms with E-state index in [2.05, 4.69) is 4.98 Å². The highest BCUT2D eigenvalue weighted by molar-refractivity contribution is 7.90. The van der Waals surface area contributed by atoms with Crippen LogP contribution in [0.1, 0.15) is 17.5 Å². The van der Waals surface area contributed by atoms with E-state index in [0.717, 1.165) is 29.5 Å². The molecule has 1 aromatic heterocycles. The van der Waals surface area contributed by atoms with Gasteiger partial charge >= 0.3 is 0 Å². The Labute approximate surface area is 132 Å². The number of allylic oxidation sites excluding steroid dienone is 4. The second kappa shape index (κ2) is 5.70. The van der Waals surface area contributed by atoms with Crippen LogP contribution in [0.2, 0.25) is 0 Å². The number of hydrogen-bond donors (Lipinski definition) is 0. The number of hydrogen-bond acceptors (Lipinski definition) is 3. The van der Waals surface area contributed by atoms with Crippen molar-refractivity contribution in [2.24, 2.45) is 0 Å². The number of sulfone groups is 1. The lowest BCUT2D eigenvalue weighted by Crippen LogP contribution is -2.04. The van der Waals surface area contributed by atoms with E-state index < -0.39 is 26.4 Å². The Hall–Kier alpha value is -2.34. The summed E-state index contributed by atoms with van der Waals surface area (Å²) >= 11 is 0. The van der Waals surface area contributed by atoms with Gasteiger partial charge in [-0.1, -0.05) is 18.2 Å². The lowest BCUT2D eigenvalue weighted by atomic mass is 9.97. The van der Waals surface area contributed by atoms with Crippen LogP contribution in [0.25, 0.3) is 11.1 Å². The molecular formula is C17H13F2NO2S. The predicted octanol–water partition coefficient (Wildman–Crippen LogP) is 3.63. The lowest BCUT2D eigenvalue weighted by Gasteiger charge is -2.11. The average Bonchev–Trinajstić information content (AvgIpc) is 2.98. The smallest absolute Gasteiger partial charge is 0.178 e. The third-order valence-electron chi connectivity index (χ3n) is 3.65. The maximum Gasteiger partial charge on any atom is 0.178 e. The molecule has 0 aliphatic heterocycles. The van der Waals surface area contributed by atoms with Gasteiger partial charge in [-0.15, -0.1) is 0 Å². The van der Waals surface area contributed by atoms with Crippen molar-refractivity contribution in [1.29, 1.82) is 0 Å². The molecule has 118 valence electrons. The van der Waals surface area contributed by atoms with Crippen LogP contribution in [0.15, 0.2) is 53.7 Å². The molecule has 0 unspecified atom stereocenters. The van der Waals surface area contributed by atoms with Gasteiger partial charge in [0.2, 0.25) is 0 Å². The van der Waals surface area contributed by atoms with Crippen molar-refractivity contribution in [3.05, 3.63) is 71.6 Å². The summed E-state index contributed by atoms with van der Waals surface area (Å²) in [6.45, 7) is 0. The van der Waals surface area contributed by atoms with Gasteiger partial charge in [0.25, 0.3) is 0 Å². The fourth-order valence-electron chi connectivity index (χ4n) is 2.60. The number of halogens is 2. The highest BCUT2D eigenvalue weighted by atomic mass is 32.2. The summed E-state index contributed by atoms with van der Waals surface area (Å²) in [5.41, 5.74) is 2.22. The number of pyridine rings is 1. The summed E-state index contributed by atoms with van der Waals surface area (Å²) in [6, 6.07) is 5.28. The first-order valence-corrected chi connectivity index (χ1v) is 8.76. The van der Waals surface area contributed by atoms with Gasteiger partial charge in [-0.3, -0.25) is 4.98 Å². The van der Waals surface area contributed by atoms with Crippen LogP contribution in [-0.2, 0) is 9.84 Å². The summed E-state index contributed by atoms with van der Waals surface area (Å²) in [7, 11) is -3.82. The molecule has 1 aliphatic rings. The van der Waals surface area contributed by atoms with E-state index in [4.69, 9.17) is 0 Å². The zero-order valence-corrected chi connectivity index (χ0v) is 13.1. The molecule has 0 bridgehead atoms. The SMILES string of the molecule is CS(=O)(=O)c1cc(F)c(C2=C(c3cccnc3)C=CC2)cc1F. The Morgan fingerprint density at radius 2 is 1.96 bits per heavy atom. The maximum absolute atomic E-state index is 14.4. The summed E-state index contributed by atoms with van der Waals surface area (Å²) < 4.78 is 51.5. The minimum absolute atomic E-state index is 0.0683. The monoisotopic (exact) mass is 333 g/mol. The first-order chi connectivity index (χ1) is 10.9. The van der Waals surface area contributed by atoms with Gasteiger partial charge < -0.3 is 0 Å². The molecule has 0 saturated heterocycles. The third-order valence-corrected chi connectivity index (χ3v) is 4.76. The fourth-order valence-corrected chi connectivity index (χ4v) is 3.33. The Morgan fingerprint density at radius 3 is 2.61 bits per heavy atom. The Balaban J connectivity index is 2.18. The molecule has 0 amide bonds. The van der Waals surface area contributed by atoms with Gasteiger partial charge in [0.05, 0.1) is 0 Å². The molecule has 6 heteroatoms. The fraction of sp³-hybridized carbons (Fsp3) is 0.118. The van der Waals surface area contributed by atoms with Crippen molar-refractivity contribution in [3.63, 3.8) is 0 Å².